The van der Waals surface area contributed by atoms with E-state index in [1.807, 2.05) is 59.2 Å². The van der Waals surface area contributed by atoms with Gasteiger partial charge in [-0.15, -0.1) is 10.2 Å². The van der Waals surface area contributed by atoms with E-state index < -0.39 is 0 Å². The monoisotopic (exact) mass is 480 g/mol. The lowest BCUT2D eigenvalue weighted by Gasteiger charge is -2.34. The van der Waals surface area contributed by atoms with Crippen LogP contribution in [0.25, 0.3) is 5.69 Å². The Morgan fingerprint density at radius 1 is 1.06 bits per heavy atom. The SMILES string of the molecule is COc1ccc(OCc2nnc(SCC(=O)NC3CCCC(C)C3C)n2-c2ccccc2)cc1. The molecule has 1 aromatic heterocycles. The van der Waals surface area contributed by atoms with Crippen molar-refractivity contribution in [1.29, 1.82) is 0 Å². The van der Waals surface area contributed by atoms with Crippen LogP contribution in [0.5, 0.6) is 11.5 Å². The molecule has 180 valence electrons. The normalized spacial score (nSPS) is 20.0. The Labute approximate surface area is 205 Å². The van der Waals surface area contributed by atoms with Crippen molar-refractivity contribution in [3.05, 3.63) is 60.4 Å². The standard InChI is InChI=1S/C26H32N4O3S/c1-18-8-7-11-23(19(18)2)27-25(31)17-34-26-29-28-24(30(26)20-9-5-4-6-10-20)16-33-22-14-12-21(32-3)13-15-22/h4-6,9-10,12-15,18-19,23H,7-8,11,16-17H2,1-3H3,(H,27,31). The first-order valence-electron chi connectivity index (χ1n) is 11.7. The molecule has 4 rings (SSSR count). The van der Waals surface area contributed by atoms with Crippen LogP contribution in [-0.4, -0.2) is 39.6 Å². The van der Waals surface area contributed by atoms with E-state index in [2.05, 4.69) is 29.4 Å². The maximum atomic E-state index is 12.7. The second kappa shape index (κ2) is 11.4. The lowest BCUT2D eigenvalue weighted by atomic mass is 9.78. The second-order valence-electron chi connectivity index (χ2n) is 8.76. The number of carbonyl (C=O) groups excluding carboxylic acids is 1. The van der Waals surface area contributed by atoms with Gasteiger partial charge in [-0.2, -0.15) is 0 Å². The molecule has 0 saturated heterocycles. The average molecular weight is 481 g/mol. The van der Waals surface area contributed by atoms with E-state index in [4.69, 9.17) is 9.47 Å². The number of ether oxygens (including phenoxy) is 2. The first-order valence-corrected chi connectivity index (χ1v) is 12.7. The number of para-hydroxylation sites is 1. The number of carbonyl (C=O) groups is 1. The number of benzene rings is 2. The minimum absolute atomic E-state index is 0.0367. The van der Waals surface area contributed by atoms with Crippen molar-refractivity contribution in [2.75, 3.05) is 12.9 Å². The van der Waals surface area contributed by atoms with Gasteiger partial charge < -0.3 is 14.8 Å². The number of rotatable bonds is 9. The van der Waals surface area contributed by atoms with E-state index in [1.165, 1.54) is 24.6 Å². The second-order valence-corrected chi connectivity index (χ2v) is 9.71. The number of methoxy groups -OCH3 is 1. The quantitative estimate of drug-likeness (QED) is 0.440. The van der Waals surface area contributed by atoms with Gasteiger partial charge in [0.1, 0.15) is 18.1 Å². The summed E-state index contributed by atoms with van der Waals surface area (Å²) in [4.78, 5) is 12.7. The van der Waals surface area contributed by atoms with Crippen molar-refractivity contribution in [1.82, 2.24) is 20.1 Å². The Morgan fingerprint density at radius 2 is 1.79 bits per heavy atom. The van der Waals surface area contributed by atoms with Crippen LogP contribution in [0, 0.1) is 11.8 Å². The Kier molecular flexibility index (Phi) is 8.11. The lowest BCUT2D eigenvalue weighted by molar-refractivity contribution is -0.120. The van der Waals surface area contributed by atoms with Crippen LogP contribution in [-0.2, 0) is 11.4 Å². The molecule has 1 fully saturated rings. The van der Waals surface area contributed by atoms with Gasteiger partial charge in [-0.1, -0.05) is 56.7 Å². The Hall–Kier alpha value is -3.00. The molecule has 3 unspecified atom stereocenters. The number of amides is 1. The summed E-state index contributed by atoms with van der Waals surface area (Å²) in [5, 5.41) is 12.6. The molecule has 2 aromatic carbocycles. The molecular formula is C26H32N4O3S. The minimum atomic E-state index is 0.0367. The van der Waals surface area contributed by atoms with Crippen LogP contribution in [0.4, 0.5) is 0 Å². The van der Waals surface area contributed by atoms with E-state index in [1.54, 1.807) is 7.11 Å². The zero-order valence-corrected chi connectivity index (χ0v) is 20.8. The van der Waals surface area contributed by atoms with E-state index in [0.717, 1.165) is 17.9 Å². The fraction of sp³-hybridized carbons (Fsp3) is 0.423. The third-order valence-electron chi connectivity index (χ3n) is 6.53. The molecule has 0 aliphatic heterocycles. The molecule has 8 heteroatoms. The molecular weight excluding hydrogens is 448 g/mol. The molecule has 1 amide bonds. The minimum Gasteiger partial charge on any atom is -0.497 e. The molecule has 0 bridgehead atoms. The van der Waals surface area contributed by atoms with Crippen LogP contribution >= 0.6 is 11.8 Å². The predicted molar refractivity (Wildman–Crippen MR) is 134 cm³/mol. The number of hydrogen-bond donors (Lipinski definition) is 1. The van der Waals surface area contributed by atoms with Gasteiger partial charge in [-0.05, 0) is 54.7 Å². The van der Waals surface area contributed by atoms with Gasteiger partial charge in [0.15, 0.2) is 11.0 Å². The lowest BCUT2D eigenvalue weighted by Crippen LogP contribution is -2.44. The summed E-state index contributed by atoms with van der Waals surface area (Å²) in [6.45, 7) is 4.76. The molecule has 3 atom stereocenters. The fourth-order valence-electron chi connectivity index (χ4n) is 4.31. The molecule has 1 N–H and O–H groups in total. The summed E-state index contributed by atoms with van der Waals surface area (Å²) >= 11 is 1.39. The number of thioether (sulfide) groups is 1. The molecule has 3 aromatic rings. The number of nitrogens with one attached hydrogen (secondary N) is 1. The van der Waals surface area contributed by atoms with Crippen LogP contribution in [0.15, 0.2) is 59.8 Å². The number of hydrogen-bond acceptors (Lipinski definition) is 6. The van der Waals surface area contributed by atoms with Crippen molar-refractivity contribution in [3.8, 4) is 17.2 Å². The highest BCUT2D eigenvalue weighted by Crippen LogP contribution is 2.30. The van der Waals surface area contributed by atoms with E-state index in [9.17, 15) is 4.79 Å². The first-order chi connectivity index (χ1) is 16.5. The zero-order chi connectivity index (χ0) is 23.9. The van der Waals surface area contributed by atoms with Crippen molar-refractivity contribution in [2.45, 2.75) is 50.9 Å². The van der Waals surface area contributed by atoms with Gasteiger partial charge in [0.25, 0.3) is 0 Å². The van der Waals surface area contributed by atoms with Gasteiger partial charge in [-0.3, -0.25) is 9.36 Å². The molecule has 34 heavy (non-hydrogen) atoms. The molecule has 0 radical (unpaired) electrons. The van der Waals surface area contributed by atoms with Crippen molar-refractivity contribution < 1.29 is 14.3 Å². The van der Waals surface area contributed by atoms with Gasteiger partial charge in [0, 0.05) is 11.7 Å². The number of aromatic nitrogens is 3. The Morgan fingerprint density at radius 3 is 2.53 bits per heavy atom. The maximum Gasteiger partial charge on any atom is 0.230 e. The summed E-state index contributed by atoms with van der Waals surface area (Å²) < 4.78 is 13.1. The third-order valence-corrected chi connectivity index (χ3v) is 7.46. The highest BCUT2D eigenvalue weighted by atomic mass is 32.2. The number of nitrogens with zero attached hydrogens (tertiary/aromatic N) is 3. The van der Waals surface area contributed by atoms with Crippen LogP contribution in [0.3, 0.4) is 0 Å². The van der Waals surface area contributed by atoms with E-state index in [-0.39, 0.29) is 18.6 Å². The Bertz CT molecular complexity index is 1070. The van der Waals surface area contributed by atoms with Gasteiger partial charge in [0.2, 0.25) is 5.91 Å². The highest BCUT2D eigenvalue weighted by molar-refractivity contribution is 7.99. The summed E-state index contributed by atoms with van der Waals surface area (Å²) in [5.41, 5.74) is 0.929. The fourth-order valence-corrected chi connectivity index (χ4v) is 5.09. The van der Waals surface area contributed by atoms with E-state index in [0.29, 0.717) is 34.3 Å². The third kappa shape index (κ3) is 5.91. The van der Waals surface area contributed by atoms with Gasteiger partial charge >= 0.3 is 0 Å². The summed E-state index contributed by atoms with van der Waals surface area (Å²) in [7, 11) is 1.63. The largest absolute Gasteiger partial charge is 0.497 e. The van der Waals surface area contributed by atoms with Crippen molar-refractivity contribution >= 4 is 17.7 Å². The van der Waals surface area contributed by atoms with E-state index >= 15 is 0 Å². The topological polar surface area (TPSA) is 78.3 Å². The van der Waals surface area contributed by atoms with Crippen LogP contribution in [0.1, 0.15) is 38.9 Å². The maximum absolute atomic E-state index is 12.7. The first kappa shape index (κ1) is 24.1. The van der Waals surface area contributed by atoms with Gasteiger partial charge in [0.05, 0.1) is 12.9 Å². The molecule has 1 saturated carbocycles. The van der Waals surface area contributed by atoms with Crippen molar-refractivity contribution in [2.24, 2.45) is 11.8 Å². The van der Waals surface area contributed by atoms with Crippen LogP contribution in [0.2, 0.25) is 0 Å². The highest BCUT2D eigenvalue weighted by Gasteiger charge is 2.28. The predicted octanol–water partition coefficient (Wildman–Crippen LogP) is 4.89. The molecule has 0 spiro atoms. The smallest absolute Gasteiger partial charge is 0.230 e. The zero-order valence-electron chi connectivity index (χ0n) is 19.9. The average Bonchev–Trinajstić information content (AvgIpc) is 3.28. The summed E-state index contributed by atoms with van der Waals surface area (Å²) in [5.74, 6) is 3.62. The van der Waals surface area contributed by atoms with Crippen molar-refractivity contribution in [3.63, 3.8) is 0 Å². The molecule has 7 nitrogen and oxygen atoms in total. The summed E-state index contributed by atoms with van der Waals surface area (Å²) in [6, 6.07) is 17.6. The molecule has 1 aliphatic carbocycles. The molecule has 1 heterocycles. The Balaban J connectivity index is 1.44. The molecule has 1 aliphatic rings. The summed E-state index contributed by atoms with van der Waals surface area (Å²) in [6.07, 6.45) is 3.46. The van der Waals surface area contributed by atoms with Crippen LogP contribution < -0.4 is 14.8 Å². The van der Waals surface area contributed by atoms with Gasteiger partial charge in [-0.25, -0.2) is 0 Å².